The number of nitrogens with one attached hydrogen (secondary N) is 1. The topological polar surface area (TPSA) is 63.8 Å². The van der Waals surface area contributed by atoms with E-state index in [1.54, 1.807) is 12.4 Å². The minimum Gasteiger partial charge on any atom is -0.399 e. The van der Waals surface area contributed by atoms with E-state index in [0.29, 0.717) is 5.82 Å². The Balaban J connectivity index is 1.85. The van der Waals surface area contributed by atoms with Gasteiger partial charge in [-0.3, -0.25) is 4.98 Å². The molecule has 0 aliphatic rings. The Kier molecular flexibility index (Phi) is 4.34. The maximum absolute atomic E-state index is 5.72. The largest absolute Gasteiger partial charge is 0.399 e. The summed E-state index contributed by atoms with van der Waals surface area (Å²) in [6.07, 6.45) is 5.30. The van der Waals surface area contributed by atoms with Crippen LogP contribution in [0.3, 0.4) is 0 Å². The van der Waals surface area contributed by atoms with Gasteiger partial charge in [0.05, 0.1) is 24.1 Å². The first kappa shape index (κ1) is 14.8. The summed E-state index contributed by atoms with van der Waals surface area (Å²) >= 11 is 0. The van der Waals surface area contributed by atoms with Crippen LogP contribution in [0.5, 0.6) is 0 Å². The minimum absolute atomic E-state index is 0.0211. The SMILES string of the molecule is C=CC(Nc1cncc(-c2ccc(N)cc2)n1)c1ccccc1. The van der Waals surface area contributed by atoms with Crippen LogP contribution in [0.15, 0.2) is 79.6 Å². The van der Waals surface area contributed by atoms with Crippen LogP contribution in [0.4, 0.5) is 11.5 Å². The van der Waals surface area contributed by atoms with Gasteiger partial charge >= 0.3 is 0 Å². The fraction of sp³-hybridized carbons (Fsp3) is 0.0526. The zero-order valence-electron chi connectivity index (χ0n) is 12.7. The Labute approximate surface area is 135 Å². The molecule has 1 aromatic heterocycles. The molecule has 1 heterocycles. The van der Waals surface area contributed by atoms with E-state index < -0.39 is 0 Å². The van der Waals surface area contributed by atoms with Crippen molar-refractivity contribution in [1.29, 1.82) is 0 Å². The smallest absolute Gasteiger partial charge is 0.145 e. The number of hydrogen-bond donors (Lipinski definition) is 2. The van der Waals surface area contributed by atoms with Crippen molar-refractivity contribution in [3.05, 3.63) is 85.2 Å². The number of aromatic nitrogens is 2. The van der Waals surface area contributed by atoms with Gasteiger partial charge in [0.1, 0.15) is 5.82 Å². The third-order valence-corrected chi connectivity index (χ3v) is 3.54. The summed E-state index contributed by atoms with van der Waals surface area (Å²) in [5.74, 6) is 0.702. The Hall–Kier alpha value is -3.14. The van der Waals surface area contributed by atoms with Crippen molar-refractivity contribution in [2.45, 2.75) is 6.04 Å². The van der Waals surface area contributed by atoms with E-state index in [1.165, 1.54) is 0 Å². The molecule has 0 bridgehead atoms. The summed E-state index contributed by atoms with van der Waals surface area (Å²) in [7, 11) is 0. The molecule has 0 aliphatic carbocycles. The van der Waals surface area contributed by atoms with Crippen LogP contribution >= 0.6 is 0 Å². The van der Waals surface area contributed by atoms with Crippen LogP contribution in [0.2, 0.25) is 0 Å². The summed E-state index contributed by atoms with van der Waals surface area (Å²) in [6.45, 7) is 3.90. The van der Waals surface area contributed by atoms with E-state index in [1.807, 2.05) is 48.5 Å². The van der Waals surface area contributed by atoms with Crippen molar-refractivity contribution < 1.29 is 0 Å². The molecule has 3 aromatic rings. The molecule has 2 aromatic carbocycles. The molecule has 23 heavy (non-hydrogen) atoms. The van der Waals surface area contributed by atoms with Crippen LogP contribution in [0.1, 0.15) is 11.6 Å². The van der Waals surface area contributed by atoms with E-state index in [0.717, 1.165) is 22.5 Å². The summed E-state index contributed by atoms with van der Waals surface area (Å²) in [6, 6.07) is 17.7. The van der Waals surface area contributed by atoms with E-state index in [9.17, 15) is 0 Å². The molecule has 114 valence electrons. The van der Waals surface area contributed by atoms with Gasteiger partial charge in [0.25, 0.3) is 0 Å². The van der Waals surface area contributed by atoms with Gasteiger partial charge in [-0.25, -0.2) is 4.98 Å². The Morgan fingerprint density at radius 2 is 1.74 bits per heavy atom. The Bertz CT molecular complexity index is 782. The molecule has 1 atom stereocenters. The van der Waals surface area contributed by atoms with Crippen molar-refractivity contribution >= 4 is 11.5 Å². The number of nitrogens with two attached hydrogens (primary N) is 1. The van der Waals surface area contributed by atoms with Crippen molar-refractivity contribution in [3.8, 4) is 11.3 Å². The maximum Gasteiger partial charge on any atom is 0.145 e. The molecule has 1 unspecified atom stereocenters. The number of anilines is 2. The first-order valence-electron chi connectivity index (χ1n) is 7.38. The van der Waals surface area contributed by atoms with Crippen LogP contribution in [-0.2, 0) is 0 Å². The van der Waals surface area contributed by atoms with Crippen molar-refractivity contribution in [1.82, 2.24) is 9.97 Å². The van der Waals surface area contributed by atoms with Crippen LogP contribution in [-0.4, -0.2) is 9.97 Å². The molecular weight excluding hydrogens is 284 g/mol. The van der Waals surface area contributed by atoms with Gasteiger partial charge in [0.15, 0.2) is 0 Å². The van der Waals surface area contributed by atoms with Crippen molar-refractivity contribution in [2.75, 3.05) is 11.1 Å². The van der Waals surface area contributed by atoms with Gasteiger partial charge in [-0.2, -0.15) is 0 Å². The summed E-state index contributed by atoms with van der Waals surface area (Å²) < 4.78 is 0. The van der Waals surface area contributed by atoms with Crippen molar-refractivity contribution in [2.24, 2.45) is 0 Å². The monoisotopic (exact) mass is 302 g/mol. The molecule has 4 heteroatoms. The molecule has 3 N–H and O–H groups in total. The zero-order valence-corrected chi connectivity index (χ0v) is 12.7. The molecule has 0 saturated carbocycles. The second kappa shape index (κ2) is 6.75. The summed E-state index contributed by atoms with van der Waals surface area (Å²) in [5, 5.41) is 3.35. The first-order valence-corrected chi connectivity index (χ1v) is 7.38. The Morgan fingerprint density at radius 1 is 1.00 bits per heavy atom. The summed E-state index contributed by atoms with van der Waals surface area (Å²) in [4.78, 5) is 8.90. The molecule has 0 amide bonds. The normalized spacial score (nSPS) is 11.7. The number of nitrogen functional groups attached to an aromatic ring is 1. The van der Waals surface area contributed by atoms with Gasteiger partial charge in [-0.05, 0) is 17.7 Å². The summed E-state index contributed by atoms with van der Waals surface area (Å²) in [5.41, 5.74) is 9.35. The van der Waals surface area contributed by atoms with Gasteiger partial charge in [-0.1, -0.05) is 48.5 Å². The predicted molar refractivity (Wildman–Crippen MR) is 94.9 cm³/mol. The average Bonchev–Trinajstić information content (AvgIpc) is 2.61. The second-order valence-corrected chi connectivity index (χ2v) is 5.18. The number of nitrogens with zero attached hydrogens (tertiary/aromatic N) is 2. The van der Waals surface area contributed by atoms with E-state index in [2.05, 4.69) is 34.0 Å². The minimum atomic E-state index is -0.0211. The highest BCUT2D eigenvalue weighted by atomic mass is 15.0. The highest BCUT2D eigenvalue weighted by Gasteiger charge is 2.09. The average molecular weight is 302 g/mol. The van der Waals surface area contributed by atoms with Gasteiger partial charge in [-0.15, -0.1) is 6.58 Å². The van der Waals surface area contributed by atoms with Gasteiger partial charge < -0.3 is 11.1 Å². The molecule has 0 fully saturated rings. The highest BCUT2D eigenvalue weighted by molar-refractivity contribution is 5.62. The van der Waals surface area contributed by atoms with E-state index >= 15 is 0 Å². The lowest BCUT2D eigenvalue weighted by atomic mass is 10.1. The first-order chi connectivity index (χ1) is 11.3. The van der Waals surface area contributed by atoms with Crippen LogP contribution in [0, 0.1) is 0 Å². The molecule has 0 radical (unpaired) electrons. The standard InChI is InChI=1S/C19H18N4/c1-2-17(14-6-4-3-5-7-14)22-19-13-21-12-18(23-19)15-8-10-16(20)11-9-15/h2-13,17H,1,20H2,(H,22,23). The van der Waals surface area contributed by atoms with Crippen LogP contribution in [0.25, 0.3) is 11.3 Å². The second-order valence-electron chi connectivity index (χ2n) is 5.18. The molecule has 3 rings (SSSR count). The van der Waals surface area contributed by atoms with Gasteiger partial charge in [0.2, 0.25) is 0 Å². The lowest BCUT2D eigenvalue weighted by Crippen LogP contribution is -2.09. The van der Waals surface area contributed by atoms with E-state index in [4.69, 9.17) is 5.73 Å². The number of rotatable bonds is 5. The van der Waals surface area contributed by atoms with Crippen molar-refractivity contribution in [3.63, 3.8) is 0 Å². The lowest BCUT2D eigenvalue weighted by Gasteiger charge is -2.16. The number of benzene rings is 2. The Morgan fingerprint density at radius 3 is 2.43 bits per heavy atom. The molecular formula is C19H18N4. The predicted octanol–water partition coefficient (Wildman–Crippen LogP) is 4.07. The lowest BCUT2D eigenvalue weighted by molar-refractivity contribution is 0.965. The molecule has 0 saturated heterocycles. The zero-order chi connectivity index (χ0) is 16.1. The third kappa shape index (κ3) is 3.55. The quantitative estimate of drug-likeness (QED) is 0.551. The number of hydrogen-bond acceptors (Lipinski definition) is 4. The van der Waals surface area contributed by atoms with E-state index in [-0.39, 0.29) is 6.04 Å². The van der Waals surface area contributed by atoms with Crippen LogP contribution < -0.4 is 11.1 Å². The maximum atomic E-state index is 5.72. The fourth-order valence-electron chi connectivity index (χ4n) is 2.33. The fourth-order valence-corrected chi connectivity index (χ4v) is 2.33. The highest BCUT2D eigenvalue weighted by Crippen LogP contribution is 2.22. The molecule has 0 aliphatic heterocycles. The van der Waals surface area contributed by atoms with Gasteiger partial charge in [0, 0.05) is 11.3 Å². The molecule has 4 nitrogen and oxygen atoms in total. The molecule has 0 spiro atoms. The third-order valence-electron chi connectivity index (χ3n) is 3.54.